The molecule has 7 nitrogen and oxygen atoms in total. The Kier molecular flexibility index (Phi) is 4.89. The van der Waals surface area contributed by atoms with Crippen molar-refractivity contribution in [1.29, 1.82) is 0 Å². The summed E-state index contributed by atoms with van der Waals surface area (Å²) in [6.07, 6.45) is 2.08. The van der Waals surface area contributed by atoms with Gasteiger partial charge in [0.25, 0.3) is 0 Å². The van der Waals surface area contributed by atoms with Crippen molar-refractivity contribution in [2.75, 3.05) is 20.1 Å². The van der Waals surface area contributed by atoms with Crippen LogP contribution in [0.4, 0.5) is 4.79 Å². The van der Waals surface area contributed by atoms with Crippen LogP contribution in [-0.2, 0) is 9.59 Å². The number of nitrogens with one attached hydrogen (secondary N) is 2. The zero-order valence-corrected chi connectivity index (χ0v) is 9.73. The third-order valence-electron chi connectivity index (χ3n) is 2.51. The number of urea groups is 1. The number of hydrogen-bond donors (Lipinski definition) is 3. The van der Waals surface area contributed by atoms with Crippen LogP contribution in [-0.4, -0.2) is 54.1 Å². The molecule has 0 spiro atoms. The molecule has 0 radical (unpaired) electrons. The Morgan fingerprint density at radius 1 is 1.35 bits per heavy atom. The highest BCUT2D eigenvalue weighted by Crippen LogP contribution is 2.26. The van der Waals surface area contributed by atoms with E-state index in [0.717, 1.165) is 12.8 Å². The third kappa shape index (κ3) is 5.30. The summed E-state index contributed by atoms with van der Waals surface area (Å²) in [5.74, 6) is -1.30. The second kappa shape index (κ2) is 6.19. The number of imide groups is 1. The van der Waals surface area contributed by atoms with Crippen LogP contribution in [0.15, 0.2) is 0 Å². The molecule has 0 unspecified atom stereocenters. The average Bonchev–Trinajstić information content (AvgIpc) is 3.07. The molecule has 1 aliphatic rings. The van der Waals surface area contributed by atoms with Crippen molar-refractivity contribution >= 4 is 17.9 Å². The Morgan fingerprint density at radius 3 is 2.47 bits per heavy atom. The first kappa shape index (κ1) is 13.4. The van der Waals surface area contributed by atoms with E-state index in [1.165, 1.54) is 7.05 Å². The van der Waals surface area contributed by atoms with E-state index < -0.39 is 17.9 Å². The maximum Gasteiger partial charge on any atom is 0.321 e. The third-order valence-corrected chi connectivity index (χ3v) is 2.51. The molecule has 0 heterocycles. The van der Waals surface area contributed by atoms with Crippen molar-refractivity contribution in [2.24, 2.45) is 0 Å². The molecular weight excluding hydrogens is 226 g/mol. The fraction of sp³-hybridized carbons (Fsp3) is 0.700. The highest BCUT2D eigenvalue weighted by molar-refractivity contribution is 5.94. The van der Waals surface area contributed by atoms with Crippen molar-refractivity contribution in [3.8, 4) is 0 Å². The van der Waals surface area contributed by atoms with Gasteiger partial charge in [-0.2, -0.15) is 0 Å². The number of carbonyl (C=O) groups is 3. The summed E-state index contributed by atoms with van der Waals surface area (Å²) >= 11 is 0. The standard InChI is InChI=1S/C10H17N3O4/c1-11-10(17)12-8(14)4-5-13(6-9(15)16)7-2-3-7/h7H,2-6H2,1H3,(H,15,16)(H2,11,12,14,17). The second-order valence-corrected chi connectivity index (χ2v) is 3.97. The molecule has 1 saturated carbocycles. The lowest BCUT2D eigenvalue weighted by molar-refractivity contribution is -0.138. The summed E-state index contributed by atoms with van der Waals surface area (Å²) in [6, 6.07) is -0.273. The first-order valence-electron chi connectivity index (χ1n) is 5.50. The van der Waals surface area contributed by atoms with Gasteiger partial charge in [-0.15, -0.1) is 0 Å². The van der Waals surface area contributed by atoms with E-state index in [-0.39, 0.29) is 19.0 Å². The maximum absolute atomic E-state index is 11.3. The van der Waals surface area contributed by atoms with E-state index in [9.17, 15) is 14.4 Å². The minimum Gasteiger partial charge on any atom is -0.480 e. The van der Waals surface area contributed by atoms with Gasteiger partial charge >= 0.3 is 12.0 Å². The first-order chi connectivity index (χ1) is 8.02. The van der Waals surface area contributed by atoms with Gasteiger partial charge in [-0.25, -0.2) is 4.79 Å². The van der Waals surface area contributed by atoms with Crippen LogP contribution in [0.1, 0.15) is 19.3 Å². The molecule has 1 aliphatic carbocycles. The lowest BCUT2D eigenvalue weighted by Gasteiger charge is -2.18. The van der Waals surface area contributed by atoms with Gasteiger partial charge in [-0.3, -0.25) is 19.8 Å². The lowest BCUT2D eigenvalue weighted by Crippen LogP contribution is -2.40. The van der Waals surface area contributed by atoms with Crippen molar-refractivity contribution in [3.63, 3.8) is 0 Å². The molecular formula is C10H17N3O4. The van der Waals surface area contributed by atoms with E-state index in [1.54, 1.807) is 4.90 Å². The van der Waals surface area contributed by atoms with Gasteiger partial charge in [0.15, 0.2) is 0 Å². The van der Waals surface area contributed by atoms with Crippen LogP contribution in [0.3, 0.4) is 0 Å². The van der Waals surface area contributed by atoms with Crippen LogP contribution in [0.2, 0.25) is 0 Å². The second-order valence-electron chi connectivity index (χ2n) is 3.97. The van der Waals surface area contributed by atoms with E-state index >= 15 is 0 Å². The average molecular weight is 243 g/mol. The molecule has 3 N–H and O–H groups in total. The van der Waals surface area contributed by atoms with Gasteiger partial charge in [0.05, 0.1) is 6.54 Å². The molecule has 0 aromatic heterocycles. The topological polar surface area (TPSA) is 98.7 Å². The van der Waals surface area contributed by atoms with Crippen LogP contribution in [0.25, 0.3) is 0 Å². The van der Waals surface area contributed by atoms with E-state index in [1.807, 2.05) is 0 Å². The molecule has 3 amide bonds. The minimum atomic E-state index is -0.899. The summed E-state index contributed by atoms with van der Waals surface area (Å²) in [4.78, 5) is 34.5. The highest BCUT2D eigenvalue weighted by atomic mass is 16.4. The summed E-state index contributed by atoms with van der Waals surface area (Å²) in [5.41, 5.74) is 0. The quantitative estimate of drug-likeness (QED) is 0.577. The van der Waals surface area contributed by atoms with Gasteiger partial charge in [-0.1, -0.05) is 0 Å². The van der Waals surface area contributed by atoms with E-state index in [2.05, 4.69) is 10.6 Å². The SMILES string of the molecule is CNC(=O)NC(=O)CCN(CC(=O)O)C1CC1. The zero-order valence-electron chi connectivity index (χ0n) is 9.73. The molecule has 0 aliphatic heterocycles. The normalized spacial score (nSPS) is 14.5. The maximum atomic E-state index is 11.3. The monoisotopic (exact) mass is 243 g/mol. The summed E-state index contributed by atoms with van der Waals surface area (Å²) in [5, 5.41) is 13.1. The minimum absolute atomic E-state index is 0.0576. The van der Waals surface area contributed by atoms with Gasteiger partial charge in [0.1, 0.15) is 0 Å². The molecule has 7 heteroatoms. The number of aliphatic carboxylic acids is 1. The predicted molar refractivity (Wildman–Crippen MR) is 59.4 cm³/mol. The highest BCUT2D eigenvalue weighted by Gasteiger charge is 2.30. The Morgan fingerprint density at radius 2 is 2.00 bits per heavy atom. The van der Waals surface area contributed by atoms with Gasteiger partial charge in [-0.05, 0) is 12.8 Å². The van der Waals surface area contributed by atoms with Crippen molar-refractivity contribution < 1.29 is 19.5 Å². The van der Waals surface area contributed by atoms with Crippen molar-refractivity contribution in [3.05, 3.63) is 0 Å². The Labute approximate surface area is 99.2 Å². The number of carboxylic acids is 1. The van der Waals surface area contributed by atoms with Crippen LogP contribution in [0, 0.1) is 0 Å². The largest absolute Gasteiger partial charge is 0.480 e. The van der Waals surface area contributed by atoms with Gasteiger partial charge in [0.2, 0.25) is 5.91 Å². The molecule has 0 atom stereocenters. The summed E-state index contributed by atoms with van der Waals surface area (Å²) < 4.78 is 0. The van der Waals surface area contributed by atoms with Crippen LogP contribution in [0.5, 0.6) is 0 Å². The zero-order chi connectivity index (χ0) is 12.8. The van der Waals surface area contributed by atoms with Crippen molar-refractivity contribution in [2.45, 2.75) is 25.3 Å². The van der Waals surface area contributed by atoms with Gasteiger partial charge < -0.3 is 10.4 Å². The van der Waals surface area contributed by atoms with Crippen LogP contribution >= 0.6 is 0 Å². The molecule has 1 fully saturated rings. The summed E-state index contributed by atoms with van der Waals surface area (Å²) in [7, 11) is 1.42. The van der Waals surface area contributed by atoms with Gasteiger partial charge in [0, 0.05) is 26.1 Å². The number of hydrogen-bond acceptors (Lipinski definition) is 4. The fourth-order valence-electron chi connectivity index (χ4n) is 1.50. The Balaban J connectivity index is 2.28. The molecule has 0 saturated heterocycles. The number of carboxylic acid groups (broad SMARTS) is 1. The number of amides is 3. The molecule has 0 aromatic rings. The van der Waals surface area contributed by atoms with Crippen LogP contribution < -0.4 is 10.6 Å². The molecule has 0 aromatic carbocycles. The molecule has 0 bridgehead atoms. The Hall–Kier alpha value is -1.63. The lowest BCUT2D eigenvalue weighted by atomic mass is 10.3. The molecule has 96 valence electrons. The number of carbonyl (C=O) groups excluding carboxylic acids is 2. The molecule has 1 rings (SSSR count). The Bertz CT molecular complexity index is 315. The predicted octanol–water partition coefficient (Wildman–Crippen LogP) is -0.619. The fourth-order valence-corrected chi connectivity index (χ4v) is 1.50. The number of rotatable bonds is 6. The molecule has 17 heavy (non-hydrogen) atoms. The van der Waals surface area contributed by atoms with E-state index in [4.69, 9.17) is 5.11 Å². The summed E-state index contributed by atoms with van der Waals surface area (Å²) in [6.45, 7) is 0.303. The smallest absolute Gasteiger partial charge is 0.321 e. The number of nitrogens with zero attached hydrogens (tertiary/aromatic N) is 1. The van der Waals surface area contributed by atoms with E-state index in [0.29, 0.717) is 6.54 Å². The first-order valence-corrected chi connectivity index (χ1v) is 5.50. The van der Waals surface area contributed by atoms with Crippen molar-refractivity contribution in [1.82, 2.24) is 15.5 Å².